The molecule has 0 aromatic heterocycles. The van der Waals surface area contributed by atoms with Gasteiger partial charge in [0.25, 0.3) is 0 Å². The maximum absolute atomic E-state index is 11.5. The summed E-state index contributed by atoms with van der Waals surface area (Å²) in [5, 5.41) is 0. The Morgan fingerprint density at radius 2 is 1.78 bits per heavy atom. The molecule has 5 heteroatoms. The van der Waals surface area contributed by atoms with Crippen LogP contribution in [-0.2, 0) is 16.4 Å². The van der Waals surface area contributed by atoms with Gasteiger partial charge in [-0.15, -0.1) is 0 Å². The minimum atomic E-state index is -3.15. The quantitative estimate of drug-likeness (QED) is 0.814. The van der Waals surface area contributed by atoms with Crippen molar-refractivity contribution in [3.05, 3.63) is 59.7 Å². The molecule has 4 nitrogen and oxygen atoms in total. The van der Waals surface area contributed by atoms with Gasteiger partial charge in [-0.1, -0.05) is 24.3 Å². The third-order valence-corrected chi connectivity index (χ3v) is 5.15. The average molecular weight is 333 g/mol. The fourth-order valence-corrected chi connectivity index (χ4v) is 3.07. The van der Waals surface area contributed by atoms with E-state index in [1.54, 1.807) is 19.2 Å². The molecule has 0 aliphatic rings. The second-order valence-electron chi connectivity index (χ2n) is 5.78. The summed E-state index contributed by atoms with van der Waals surface area (Å²) in [6, 6.07) is 15.3. The number of ether oxygens (including phenoxy) is 1. The van der Waals surface area contributed by atoms with Crippen LogP contribution in [0.2, 0.25) is 0 Å². The van der Waals surface area contributed by atoms with Gasteiger partial charge >= 0.3 is 0 Å². The van der Waals surface area contributed by atoms with E-state index < -0.39 is 9.84 Å². The summed E-state index contributed by atoms with van der Waals surface area (Å²) in [7, 11) is 0.562. The van der Waals surface area contributed by atoms with Gasteiger partial charge in [-0.25, -0.2) is 8.42 Å². The number of methoxy groups -OCH3 is 1. The summed E-state index contributed by atoms with van der Waals surface area (Å²) in [6.07, 6.45) is 1.22. The third-order valence-electron chi connectivity index (χ3n) is 4.02. The first kappa shape index (κ1) is 17.5. The number of rotatable bonds is 6. The van der Waals surface area contributed by atoms with E-state index in [9.17, 15) is 8.42 Å². The molecule has 1 unspecified atom stereocenters. The number of nitrogens with zero attached hydrogens (tertiary/aromatic N) is 1. The molecule has 0 saturated carbocycles. The lowest BCUT2D eigenvalue weighted by molar-refractivity contribution is 0.252. The summed E-state index contributed by atoms with van der Waals surface area (Å²) in [5.41, 5.74) is 2.26. The van der Waals surface area contributed by atoms with Crippen molar-refractivity contribution in [2.45, 2.75) is 24.4 Å². The van der Waals surface area contributed by atoms with E-state index in [-0.39, 0.29) is 6.04 Å². The van der Waals surface area contributed by atoms with Gasteiger partial charge in [0.2, 0.25) is 0 Å². The van der Waals surface area contributed by atoms with Crippen LogP contribution in [0, 0.1) is 0 Å². The van der Waals surface area contributed by atoms with E-state index in [2.05, 4.69) is 24.9 Å². The molecule has 0 amide bonds. The highest BCUT2D eigenvalue weighted by atomic mass is 32.2. The van der Waals surface area contributed by atoms with Crippen molar-refractivity contribution in [1.82, 2.24) is 4.90 Å². The van der Waals surface area contributed by atoms with Crippen LogP contribution in [0.5, 0.6) is 5.75 Å². The Morgan fingerprint density at radius 3 is 2.35 bits per heavy atom. The van der Waals surface area contributed by atoms with Gasteiger partial charge in [-0.3, -0.25) is 4.90 Å². The Kier molecular flexibility index (Phi) is 5.44. The second-order valence-corrected chi connectivity index (χ2v) is 7.80. The smallest absolute Gasteiger partial charge is 0.175 e. The van der Waals surface area contributed by atoms with Crippen LogP contribution >= 0.6 is 0 Å². The Bertz CT molecular complexity index is 754. The van der Waals surface area contributed by atoms with Gasteiger partial charge in [0.05, 0.1) is 12.0 Å². The fraction of sp³-hybridized carbons (Fsp3) is 0.333. The molecule has 0 heterocycles. The SMILES string of the molecule is COc1cccc(CN(C)C(C)c2ccc(S(C)(=O)=O)cc2)c1. The van der Waals surface area contributed by atoms with Crippen molar-refractivity contribution in [3.63, 3.8) is 0 Å². The molecular formula is C18H23NO3S. The lowest BCUT2D eigenvalue weighted by atomic mass is 10.1. The summed E-state index contributed by atoms with van der Waals surface area (Å²) in [6.45, 7) is 2.89. The minimum absolute atomic E-state index is 0.176. The zero-order valence-corrected chi connectivity index (χ0v) is 14.8. The Hall–Kier alpha value is -1.85. The van der Waals surface area contributed by atoms with E-state index in [1.165, 1.54) is 11.8 Å². The lowest BCUT2D eigenvalue weighted by Gasteiger charge is -2.25. The molecule has 0 saturated heterocycles. The molecular weight excluding hydrogens is 310 g/mol. The molecule has 0 spiro atoms. The van der Waals surface area contributed by atoms with Crippen LogP contribution in [0.15, 0.2) is 53.4 Å². The van der Waals surface area contributed by atoms with Crippen molar-refractivity contribution in [3.8, 4) is 5.75 Å². The number of hydrogen-bond donors (Lipinski definition) is 0. The van der Waals surface area contributed by atoms with Gasteiger partial charge in [0, 0.05) is 18.8 Å². The normalized spacial score (nSPS) is 13.1. The molecule has 23 heavy (non-hydrogen) atoms. The van der Waals surface area contributed by atoms with Gasteiger partial charge < -0.3 is 4.74 Å². The molecule has 0 aliphatic carbocycles. The molecule has 2 aromatic rings. The van der Waals surface area contributed by atoms with Crippen molar-refractivity contribution in [2.24, 2.45) is 0 Å². The molecule has 2 rings (SSSR count). The van der Waals surface area contributed by atoms with Crippen molar-refractivity contribution in [1.29, 1.82) is 0 Å². The molecule has 0 radical (unpaired) electrons. The minimum Gasteiger partial charge on any atom is -0.497 e. The molecule has 2 aromatic carbocycles. The van der Waals surface area contributed by atoms with Crippen LogP contribution < -0.4 is 4.74 Å². The maximum Gasteiger partial charge on any atom is 0.175 e. The van der Waals surface area contributed by atoms with Crippen molar-refractivity contribution in [2.75, 3.05) is 20.4 Å². The van der Waals surface area contributed by atoms with E-state index in [1.807, 2.05) is 30.3 Å². The van der Waals surface area contributed by atoms with Crippen LogP contribution in [0.3, 0.4) is 0 Å². The molecule has 0 aliphatic heterocycles. The summed E-state index contributed by atoms with van der Waals surface area (Å²) in [5.74, 6) is 0.848. The number of benzene rings is 2. The largest absolute Gasteiger partial charge is 0.497 e. The second kappa shape index (κ2) is 7.15. The maximum atomic E-state index is 11.5. The van der Waals surface area contributed by atoms with Crippen LogP contribution in [0.25, 0.3) is 0 Å². The molecule has 0 bridgehead atoms. The van der Waals surface area contributed by atoms with Gasteiger partial charge in [-0.05, 0) is 49.4 Å². The molecule has 124 valence electrons. The predicted molar refractivity (Wildman–Crippen MR) is 92.4 cm³/mol. The highest BCUT2D eigenvalue weighted by molar-refractivity contribution is 7.90. The first-order valence-corrected chi connectivity index (χ1v) is 9.33. The highest BCUT2D eigenvalue weighted by Gasteiger charge is 2.14. The topological polar surface area (TPSA) is 46.6 Å². The van der Waals surface area contributed by atoms with E-state index in [4.69, 9.17) is 4.74 Å². The number of hydrogen-bond acceptors (Lipinski definition) is 4. The first-order valence-electron chi connectivity index (χ1n) is 7.44. The van der Waals surface area contributed by atoms with Crippen molar-refractivity contribution >= 4 is 9.84 Å². The summed E-state index contributed by atoms with van der Waals surface area (Å²) < 4.78 is 28.3. The fourth-order valence-electron chi connectivity index (χ4n) is 2.44. The van der Waals surface area contributed by atoms with E-state index >= 15 is 0 Å². The Balaban J connectivity index is 2.11. The molecule has 0 fully saturated rings. The average Bonchev–Trinajstić information content (AvgIpc) is 2.53. The van der Waals surface area contributed by atoms with E-state index in [0.29, 0.717) is 4.90 Å². The summed E-state index contributed by atoms with van der Waals surface area (Å²) in [4.78, 5) is 2.56. The summed E-state index contributed by atoms with van der Waals surface area (Å²) >= 11 is 0. The monoisotopic (exact) mass is 333 g/mol. The zero-order valence-electron chi connectivity index (χ0n) is 14.0. The predicted octanol–water partition coefficient (Wildman–Crippen LogP) is 3.29. The van der Waals surface area contributed by atoms with Crippen molar-refractivity contribution < 1.29 is 13.2 Å². The molecule has 1 atom stereocenters. The first-order chi connectivity index (χ1) is 10.8. The van der Waals surface area contributed by atoms with Gasteiger partial charge in [0.1, 0.15) is 5.75 Å². The Morgan fingerprint density at radius 1 is 1.13 bits per heavy atom. The molecule has 0 N–H and O–H groups in total. The Labute approximate surface area is 138 Å². The highest BCUT2D eigenvalue weighted by Crippen LogP contribution is 2.23. The van der Waals surface area contributed by atoms with Crippen LogP contribution in [0.4, 0.5) is 0 Å². The van der Waals surface area contributed by atoms with Crippen LogP contribution in [0.1, 0.15) is 24.1 Å². The lowest BCUT2D eigenvalue weighted by Crippen LogP contribution is -2.22. The standard InChI is InChI=1S/C18H23NO3S/c1-14(16-8-10-18(11-9-16)23(4,20)21)19(2)13-15-6-5-7-17(12-15)22-3/h5-12,14H,13H2,1-4H3. The van der Waals surface area contributed by atoms with Gasteiger partial charge in [0.15, 0.2) is 9.84 Å². The third kappa shape index (κ3) is 4.56. The zero-order chi connectivity index (χ0) is 17.0. The van der Waals surface area contributed by atoms with Crippen LogP contribution in [-0.4, -0.2) is 33.7 Å². The van der Waals surface area contributed by atoms with Gasteiger partial charge in [-0.2, -0.15) is 0 Å². The van der Waals surface area contributed by atoms with E-state index in [0.717, 1.165) is 17.9 Å². The number of sulfone groups is 1.